The molecule has 9 heteroatoms. The Labute approximate surface area is 109 Å². The number of hydrogen-bond acceptors (Lipinski definition) is 3. The Bertz CT molecular complexity index is 438. The Hall–Kier alpha value is -1.35. The topological polar surface area (TPSA) is 38.3 Å². The Morgan fingerprint density at radius 3 is 2.53 bits per heavy atom. The third-order valence-electron chi connectivity index (χ3n) is 1.75. The lowest BCUT2D eigenvalue weighted by Gasteiger charge is -2.10. The molecule has 3 nitrogen and oxygen atoms in total. The summed E-state index contributed by atoms with van der Waals surface area (Å²) < 4.78 is 59.8. The first-order valence-electron chi connectivity index (χ1n) is 4.82. The van der Waals surface area contributed by atoms with E-state index in [2.05, 4.69) is 4.84 Å². The van der Waals surface area contributed by atoms with Gasteiger partial charge in [0.15, 0.2) is 6.61 Å². The molecule has 1 aromatic rings. The number of rotatable bonds is 5. The second-order valence-electron chi connectivity index (χ2n) is 3.21. The van der Waals surface area contributed by atoms with Gasteiger partial charge in [-0.2, -0.15) is 22.0 Å². The van der Waals surface area contributed by atoms with Gasteiger partial charge in [-0.25, -0.2) is 5.48 Å². The van der Waals surface area contributed by atoms with Gasteiger partial charge < -0.3 is 0 Å². The molecule has 0 atom stereocenters. The zero-order chi connectivity index (χ0) is 14.5. The van der Waals surface area contributed by atoms with Crippen LogP contribution in [0.3, 0.4) is 0 Å². The average Bonchev–Trinajstić information content (AvgIpc) is 2.27. The number of amides is 1. The maximum absolute atomic E-state index is 12.2. The molecule has 0 aromatic heterocycles. The van der Waals surface area contributed by atoms with Gasteiger partial charge in [-0.1, -0.05) is 23.9 Å². The van der Waals surface area contributed by atoms with Crippen molar-refractivity contribution in [1.82, 2.24) is 5.48 Å². The fraction of sp³-hybridized carbons (Fsp3) is 0.300. The van der Waals surface area contributed by atoms with Crippen molar-refractivity contribution in [3.63, 3.8) is 0 Å². The van der Waals surface area contributed by atoms with Gasteiger partial charge in [-0.15, -0.1) is 0 Å². The van der Waals surface area contributed by atoms with E-state index < -0.39 is 24.4 Å². The smallest absolute Gasteiger partial charge is 0.267 e. The van der Waals surface area contributed by atoms with Crippen LogP contribution < -0.4 is 5.48 Å². The Morgan fingerprint density at radius 2 is 1.95 bits per heavy atom. The maximum atomic E-state index is 12.2. The van der Waals surface area contributed by atoms with Crippen LogP contribution in [-0.4, -0.2) is 24.4 Å². The van der Waals surface area contributed by atoms with E-state index in [9.17, 15) is 26.7 Å². The molecule has 0 heterocycles. The predicted molar refractivity (Wildman–Crippen MR) is 57.8 cm³/mol. The summed E-state index contributed by atoms with van der Waals surface area (Å²) in [6.45, 7) is -1.66. The van der Waals surface area contributed by atoms with E-state index in [1.165, 1.54) is 24.3 Å². The van der Waals surface area contributed by atoms with E-state index >= 15 is 0 Å². The van der Waals surface area contributed by atoms with Crippen molar-refractivity contribution in [2.24, 2.45) is 0 Å². The van der Waals surface area contributed by atoms with Gasteiger partial charge in [0.25, 0.3) is 11.7 Å². The van der Waals surface area contributed by atoms with Crippen molar-refractivity contribution < 1.29 is 31.6 Å². The van der Waals surface area contributed by atoms with Crippen LogP contribution in [0.15, 0.2) is 29.2 Å². The molecule has 1 N–H and O–H groups in total. The standard InChI is InChI=1S/C10H8F5NO2S/c11-9(12)19-7-4-2-1-3-6(7)8(17)16-18-5-10(13,14)15/h1-4,9H,5H2,(H,16,17). The van der Waals surface area contributed by atoms with Crippen molar-refractivity contribution in [1.29, 1.82) is 0 Å². The molecule has 0 aliphatic heterocycles. The highest BCUT2D eigenvalue weighted by molar-refractivity contribution is 7.99. The summed E-state index contributed by atoms with van der Waals surface area (Å²) >= 11 is 0.120. The molecule has 0 saturated heterocycles. The SMILES string of the molecule is O=C(NOCC(F)(F)F)c1ccccc1SC(F)F. The van der Waals surface area contributed by atoms with Crippen LogP contribution in [0.4, 0.5) is 22.0 Å². The van der Waals surface area contributed by atoms with Gasteiger partial charge in [0.1, 0.15) is 0 Å². The summed E-state index contributed by atoms with van der Waals surface area (Å²) in [5.74, 6) is -3.77. The molecule has 0 aliphatic carbocycles. The number of carbonyl (C=O) groups is 1. The highest BCUT2D eigenvalue weighted by Crippen LogP contribution is 2.28. The van der Waals surface area contributed by atoms with Gasteiger partial charge in [0.2, 0.25) is 0 Å². The Morgan fingerprint density at radius 1 is 1.32 bits per heavy atom. The first-order chi connectivity index (χ1) is 8.79. The Balaban J connectivity index is 2.66. The average molecular weight is 301 g/mol. The summed E-state index contributed by atoms with van der Waals surface area (Å²) in [6, 6.07) is 5.29. The molecule has 1 rings (SSSR count). The molecule has 0 unspecified atom stereocenters. The molecule has 0 radical (unpaired) electrons. The first-order valence-corrected chi connectivity index (χ1v) is 5.70. The summed E-state index contributed by atoms with van der Waals surface area (Å²) in [4.78, 5) is 15.4. The van der Waals surface area contributed by atoms with E-state index in [1.807, 2.05) is 0 Å². The largest absolute Gasteiger partial charge is 0.414 e. The van der Waals surface area contributed by atoms with Crippen LogP contribution in [-0.2, 0) is 4.84 Å². The molecule has 106 valence electrons. The number of benzene rings is 1. The van der Waals surface area contributed by atoms with Crippen LogP contribution in [0, 0.1) is 0 Å². The molecule has 1 aromatic carbocycles. The van der Waals surface area contributed by atoms with E-state index in [-0.39, 0.29) is 22.2 Å². The number of hydroxylamine groups is 1. The fourth-order valence-electron chi connectivity index (χ4n) is 1.09. The van der Waals surface area contributed by atoms with E-state index in [4.69, 9.17) is 0 Å². The molecule has 0 saturated carbocycles. The van der Waals surface area contributed by atoms with Crippen molar-refractivity contribution >= 4 is 17.7 Å². The van der Waals surface area contributed by atoms with E-state index in [0.717, 1.165) is 0 Å². The minimum atomic E-state index is -4.59. The van der Waals surface area contributed by atoms with Crippen molar-refractivity contribution in [2.45, 2.75) is 16.8 Å². The Kier molecular flexibility index (Phi) is 5.55. The van der Waals surface area contributed by atoms with Crippen molar-refractivity contribution in [3.8, 4) is 0 Å². The van der Waals surface area contributed by atoms with Crippen LogP contribution in [0.1, 0.15) is 10.4 Å². The molecular formula is C10H8F5NO2S. The summed E-state index contributed by atoms with van der Waals surface area (Å²) in [5.41, 5.74) is 1.37. The molecule has 1 amide bonds. The number of hydrogen-bond donors (Lipinski definition) is 1. The summed E-state index contributed by atoms with van der Waals surface area (Å²) in [5, 5.41) is 0. The van der Waals surface area contributed by atoms with Gasteiger partial charge in [0, 0.05) is 4.90 Å². The van der Waals surface area contributed by atoms with Crippen LogP contribution in [0.2, 0.25) is 0 Å². The van der Waals surface area contributed by atoms with Crippen molar-refractivity contribution in [3.05, 3.63) is 29.8 Å². The van der Waals surface area contributed by atoms with Crippen LogP contribution in [0.5, 0.6) is 0 Å². The van der Waals surface area contributed by atoms with E-state index in [0.29, 0.717) is 0 Å². The minimum absolute atomic E-state index is 0.0504. The molecule has 0 bridgehead atoms. The van der Waals surface area contributed by atoms with Gasteiger partial charge in [0.05, 0.1) is 5.56 Å². The lowest BCUT2D eigenvalue weighted by molar-refractivity contribution is -0.184. The number of alkyl halides is 5. The maximum Gasteiger partial charge on any atom is 0.414 e. The minimum Gasteiger partial charge on any atom is -0.267 e. The van der Waals surface area contributed by atoms with Crippen LogP contribution in [0.25, 0.3) is 0 Å². The van der Waals surface area contributed by atoms with Gasteiger partial charge >= 0.3 is 6.18 Å². The van der Waals surface area contributed by atoms with Crippen LogP contribution >= 0.6 is 11.8 Å². The van der Waals surface area contributed by atoms with Gasteiger partial charge in [-0.05, 0) is 12.1 Å². The third-order valence-corrected chi connectivity index (χ3v) is 2.54. The highest BCUT2D eigenvalue weighted by atomic mass is 32.2. The summed E-state index contributed by atoms with van der Waals surface area (Å²) in [7, 11) is 0. The fourth-order valence-corrected chi connectivity index (χ4v) is 1.73. The highest BCUT2D eigenvalue weighted by Gasteiger charge is 2.28. The number of nitrogens with one attached hydrogen (secondary N) is 1. The number of thioether (sulfide) groups is 1. The molecular weight excluding hydrogens is 293 g/mol. The number of carbonyl (C=O) groups excluding carboxylic acids is 1. The predicted octanol–water partition coefficient (Wildman–Crippen LogP) is 3.23. The quantitative estimate of drug-likeness (QED) is 0.515. The second kappa shape index (κ2) is 6.71. The molecule has 0 aliphatic rings. The third kappa shape index (κ3) is 5.88. The van der Waals surface area contributed by atoms with Crippen molar-refractivity contribution in [2.75, 3.05) is 6.61 Å². The van der Waals surface area contributed by atoms with Gasteiger partial charge in [-0.3, -0.25) is 9.63 Å². The lowest BCUT2D eigenvalue weighted by atomic mass is 10.2. The summed E-state index contributed by atoms with van der Waals surface area (Å²) in [6.07, 6.45) is -4.59. The molecule has 0 spiro atoms. The monoisotopic (exact) mass is 301 g/mol. The first kappa shape index (κ1) is 15.7. The normalized spacial score (nSPS) is 11.7. The number of halogens is 5. The zero-order valence-electron chi connectivity index (χ0n) is 9.21. The van der Waals surface area contributed by atoms with E-state index in [1.54, 1.807) is 5.48 Å². The molecule has 19 heavy (non-hydrogen) atoms. The molecule has 0 fully saturated rings. The zero-order valence-corrected chi connectivity index (χ0v) is 10.0. The second-order valence-corrected chi connectivity index (χ2v) is 4.24. The lowest BCUT2D eigenvalue weighted by Crippen LogP contribution is -2.29.